The molecule has 0 saturated carbocycles. The summed E-state index contributed by atoms with van der Waals surface area (Å²) in [6, 6.07) is 0. The van der Waals surface area contributed by atoms with E-state index < -0.39 is 5.97 Å². The van der Waals surface area contributed by atoms with Crippen LogP contribution in [0.25, 0.3) is 0 Å². The van der Waals surface area contributed by atoms with Gasteiger partial charge in [-0.3, -0.25) is 4.79 Å². The molecule has 0 aliphatic rings. The number of nitrogens with zero attached hydrogens (tertiary/aromatic N) is 2. The largest absolute Gasteiger partial charge is 0.481 e. The van der Waals surface area contributed by atoms with Crippen molar-refractivity contribution in [2.75, 3.05) is 0 Å². The normalized spacial score (nSPS) is 9.70. The van der Waals surface area contributed by atoms with E-state index in [1.54, 1.807) is 24.1 Å². The third kappa shape index (κ3) is 1.34. The Morgan fingerprint density at radius 2 is 2.60 bits per heavy atom. The predicted molar refractivity (Wildman–Crippen MR) is 34.5 cm³/mol. The number of aromatic nitrogens is 2. The fraction of sp³-hybridized carbons (Fsp3) is 0.333. The summed E-state index contributed by atoms with van der Waals surface area (Å²) in [6.07, 6.45) is 3.17. The number of carboxylic acids is 1. The number of rotatable bonds is 2. The van der Waals surface area contributed by atoms with Crippen molar-refractivity contribution in [3.63, 3.8) is 0 Å². The van der Waals surface area contributed by atoms with Gasteiger partial charge in [-0.2, -0.15) is 0 Å². The first kappa shape index (κ1) is 6.80. The summed E-state index contributed by atoms with van der Waals surface area (Å²) in [5.41, 5.74) is 0.715. The van der Waals surface area contributed by atoms with Gasteiger partial charge in [0.2, 0.25) is 0 Å². The Morgan fingerprint density at radius 1 is 1.90 bits per heavy atom. The summed E-state index contributed by atoms with van der Waals surface area (Å²) >= 11 is 0. The number of aryl methyl sites for hydroxylation is 1. The van der Waals surface area contributed by atoms with E-state index in [0.29, 0.717) is 5.69 Å². The summed E-state index contributed by atoms with van der Waals surface area (Å²) in [5.74, 6) is -0.830. The molecule has 0 unspecified atom stereocenters. The lowest BCUT2D eigenvalue weighted by molar-refractivity contribution is -0.136. The van der Waals surface area contributed by atoms with E-state index in [1.807, 2.05) is 0 Å². The van der Waals surface area contributed by atoms with Crippen molar-refractivity contribution in [3.05, 3.63) is 18.2 Å². The van der Waals surface area contributed by atoms with Crippen molar-refractivity contribution in [3.8, 4) is 0 Å². The molecule has 4 nitrogen and oxygen atoms in total. The van der Waals surface area contributed by atoms with Gasteiger partial charge in [-0.25, -0.2) is 4.98 Å². The van der Waals surface area contributed by atoms with Gasteiger partial charge in [-0.1, -0.05) is 0 Å². The van der Waals surface area contributed by atoms with Crippen LogP contribution < -0.4 is 0 Å². The topological polar surface area (TPSA) is 55.1 Å². The number of carbonyl (C=O) groups is 1. The van der Waals surface area contributed by atoms with Crippen molar-refractivity contribution in [1.82, 2.24) is 9.55 Å². The Balaban J connectivity index is 2.74. The molecular formula is C6H8N2O2. The minimum absolute atomic E-state index is 0.0382. The third-order valence-corrected chi connectivity index (χ3v) is 1.25. The van der Waals surface area contributed by atoms with Gasteiger partial charge < -0.3 is 9.67 Å². The van der Waals surface area contributed by atoms with Crippen molar-refractivity contribution in [1.29, 1.82) is 0 Å². The number of carboxylic acid groups (broad SMARTS) is 1. The van der Waals surface area contributed by atoms with Crippen LogP contribution >= 0.6 is 0 Å². The van der Waals surface area contributed by atoms with E-state index in [2.05, 4.69) is 4.98 Å². The SMILES string of the molecule is Cn1cncc1CC(=O)O. The smallest absolute Gasteiger partial charge is 0.309 e. The zero-order valence-electron chi connectivity index (χ0n) is 5.61. The minimum Gasteiger partial charge on any atom is -0.481 e. The van der Waals surface area contributed by atoms with E-state index in [0.717, 1.165) is 0 Å². The Morgan fingerprint density at radius 3 is 3.00 bits per heavy atom. The monoisotopic (exact) mass is 140 g/mol. The molecule has 54 valence electrons. The standard InChI is InChI=1S/C6H8N2O2/c1-8-4-7-3-5(8)2-6(9)10/h3-4H,2H2,1H3,(H,9,10). The number of imidazole rings is 1. The average Bonchev–Trinajstić information content (AvgIpc) is 2.15. The molecule has 1 rings (SSSR count). The highest BCUT2D eigenvalue weighted by Crippen LogP contribution is 1.96. The van der Waals surface area contributed by atoms with Crippen molar-refractivity contribution in [2.45, 2.75) is 6.42 Å². The van der Waals surface area contributed by atoms with Gasteiger partial charge in [0.25, 0.3) is 0 Å². The van der Waals surface area contributed by atoms with E-state index in [4.69, 9.17) is 5.11 Å². The molecule has 0 atom stereocenters. The van der Waals surface area contributed by atoms with Gasteiger partial charge >= 0.3 is 5.97 Å². The Bertz CT molecular complexity index is 242. The van der Waals surface area contributed by atoms with Crippen LogP contribution in [-0.4, -0.2) is 20.6 Å². The first-order valence-electron chi connectivity index (χ1n) is 2.87. The van der Waals surface area contributed by atoms with Crippen LogP contribution in [0, 0.1) is 0 Å². The van der Waals surface area contributed by atoms with Gasteiger partial charge in [0.05, 0.1) is 12.7 Å². The van der Waals surface area contributed by atoms with Gasteiger partial charge in [-0.15, -0.1) is 0 Å². The second-order valence-corrected chi connectivity index (χ2v) is 2.07. The van der Waals surface area contributed by atoms with E-state index in [1.165, 1.54) is 0 Å². The lowest BCUT2D eigenvalue weighted by Gasteiger charge is -1.95. The highest BCUT2D eigenvalue weighted by molar-refractivity contribution is 5.69. The molecule has 1 N–H and O–H groups in total. The summed E-state index contributed by atoms with van der Waals surface area (Å²) in [7, 11) is 1.77. The number of hydrogen-bond donors (Lipinski definition) is 1. The maximum atomic E-state index is 10.2. The molecular weight excluding hydrogens is 132 g/mol. The summed E-state index contributed by atoms with van der Waals surface area (Å²) < 4.78 is 1.69. The van der Waals surface area contributed by atoms with Gasteiger partial charge in [-0.05, 0) is 0 Å². The summed E-state index contributed by atoms with van der Waals surface area (Å²) in [6.45, 7) is 0. The highest BCUT2D eigenvalue weighted by Gasteiger charge is 2.02. The molecule has 0 saturated heterocycles. The van der Waals surface area contributed by atoms with Crippen LogP contribution in [0.1, 0.15) is 5.69 Å². The van der Waals surface area contributed by atoms with Crippen molar-refractivity contribution >= 4 is 5.97 Å². The quantitative estimate of drug-likeness (QED) is 0.631. The summed E-state index contributed by atoms with van der Waals surface area (Å²) in [4.78, 5) is 14.0. The zero-order valence-corrected chi connectivity index (χ0v) is 5.61. The molecule has 0 amide bonds. The molecule has 0 aliphatic heterocycles. The van der Waals surface area contributed by atoms with Crippen LogP contribution in [0.5, 0.6) is 0 Å². The van der Waals surface area contributed by atoms with Crippen LogP contribution in [0.3, 0.4) is 0 Å². The Hall–Kier alpha value is -1.32. The number of aliphatic carboxylic acids is 1. The van der Waals surface area contributed by atoms with E-state index in [9.17, 15) is 4.79 Å². The van der Waals surface area contributed by atoms with E-state index >= 15 is 0 Å². The Kier molecular flexibility index (Phi) is 1.71. The maximum absolute atomic E-state index is 10.2. The number of hydrogen-bond acceptors (Lipinski definition) is 2. The molecule has 10 heavy (non-hydrogen) atoms. The molecule has 0 aromatic carbocycles. The lowest BCUT2D eigenvalue weighted by atomic mass is 10.3. The molecule has 0 bridgehead atoms. The van der Waals surface area contributed by atoms with Crippen LogP contribution in [-0.2, 0) is 18.3 Å². The second-order valence-electron chi connectivity index (χ2n) is 2.07. The van der Waals surface area contributed by atoms with Crippen molar-refractivity contribution in [2.24, 2.45) is 7.05 Å². The van der Waals surface area contributed by atoms with Crippen LogP contribution in [0.4, 0.5) is 0 Å². The molecule has 0 spiro atoms. The van der Waals surface area contributed by atoms with Gasteiger partial charge in [0, 0.05) is 18.9 Å². The fourth-order valence-electron chi connectivity index (χ4n) is 0.710. The fourth-order valence-corrected chi connectivity index (χ4v) is 0.710. The predicted octanol–water partition coefficient (Wildman–Crippen LogP) is 0.0472. The molecule has 4 heteroatoms. The minimum atomic E-state index is -0.830. The lowest BCUT2D eigenvalue weighted by Crippen LogP contribution is -2.04. The summed E-state index contributed by atoms with van der Waals surface area (Å²) in [5, 5.41) is 8.37. The molecule has 0 aliphatic carbocycles. The molecule has 1 aromatic heterocycles. The van der Waals surface area contributed by atoms with E-state index in [-0.39, 0.29) is 6.42 Å². The molecule has 0 radical (unpaired) electrons. The van der Waals surface area contributed by atoms with Crippen LogP contribution in [0.15, 0.2) is 12.5 Å². The van der Waals surface area contributed by atoms with Gasteiger partial charge in [0.1, 0.15) is 0 Å². The van der Waals surface area contributed by atoms with Crippen molar-refractivity contribution < 1.29 is 9.90 Å². The molecule has 0 fully saturated rings. The average molecular weight is 140 g/mol. The maximum Gasteiger partial charge on any atom is 0.309 e. The molecule has 1 aromatic rings. The van der Waals surface area contributed by atoms with Gasteiger partial charge in [0.15, 0.2) is 0 Å². The second kappa shape index (κ2) is 2.51. The first-order chi connectivity index (χ1) is 4.70. The highest BCUT2D eigenvalue weighted by atomic mass is 16.4. The molecule has 1 heterocycles. The first-order valence-corrected chi connectivity index (χ1v) is 2.87. The van der Waals surface area contributed by atoms with Crippen LogP contribution in [0.2, 0.25) is 0 Å². The third-order valence-electron chi connectivity index (χ3n) is 1.25. The Labute approximate surface area is 58.1 Å². The zero-order chi connectivity index (χ0) is 7.56.